The van der Waals surface area contributed by atoms with E-state index in [-0.39, 0.29) is 18.1 Å². The monoisotopic (exact) mass is 324 g/mol. The number of hydrogen-bond donors (Lipinski definition) is 1. The predicted octanol–water partition coefficient (Wildman–Crippen LogP) is 3.78. The SMILES string of the molecule is COC(=O)CC(NC(C)c1nc(C)sc1C)c1cccs1. The molecule has 1 N–H and O–H groups in total. The van der Waals surface area contributed by atoms with Crippen molar-refractivity contribution in [3.8, 4) is 0 Å². The predicted molar refractivity (Wildman–Crippen MR) is 86.8 cm³/mol. The molecule has 6 heteroatoms. The molecule has 21 heavy (non-hydrogen) atoms. The van der Waals surface area contributed by atoms with Gasteiger partial charge in [0.25, 0.3) is 0 Å². The number of carbonyl (C=O) groups is 1. The maximum Gasteiger partial charge on any atom is 0.307 e. The van der Waals surface area contributed by atoms with Gasteiger partial charge in [-0.25, -0.2) is 4.98 Å². The number of thiazole rings is 1. The largest absolute Gasteiger partial charge is 0.469 e. The van der Waals surface area contributed by atoms with Crippen molar-refractivity contribution >= 4 is 28.6 Å². The Morgan fingerprint density at radius 1 is 1.48 bits per heavy atom. The van der Waals surface area contributed by atoms with Crippen LogP contribution in [0.1, 0.15) is 45.9 Å². The lowest BCUT2D eigenvalue weighted by atomic mass is 10.1. The van der Waals surface area contributed by atoms with E-state index in [1.807, 2.05) is 24.4 Å². The van der Waals surface area contributed by atoms with Crippen molar-refractivity contribution in [3.63, 3.8) is 0 Å². The number of hydrogen-bond acceptors (Lipinski definition) is 6. The Bertz CT molecular complexity index is 593. The van der Waals surface area contributed by atoms with Crippen LogP contribution in [-0.4, -0.2) is 18.1 Å². The van der Waals surface area contributed by atoms with E-state index < -0.39 is 0 Å². The summed E-state index contributed by atoms with van der Waals surface area (Å²) >= 11 is 3.34. The van der Waals surface area contributed by atoms with E-state index >= 15 is 0 Å². The van der Waals surface area contributed by atoms with Crippen molar-refractivity contribution in [2.75, 3.05) is 7.11 Å². The minimum atomic E-state index is -0.209. The number of ether oxygens (including phenoxy) is 1. The fraction of sp³-hybridized carbons (Fsp3) is 0.467. The fourth-order valence-electron chi connectivity index (χ4n) is 2.31. The zero-order valence-corrected chi connectivity index (χ0v) is 14.3. The van der Waals surface area contributed by atoms with Crippen molar-refractivity contribution in [2.24, 2.45) is 0 Å². The van der Waals surface area contributed by atoms with Crippen molar-refractivity contribution in [3.05, 3.63) is 38.0 Å². The highest BCUT2D eigenvalue weighted by Gasteiger charge is 2.22. The standard InChI is InChI=1S/C15H20N2O2S2/c1-9(15-10(2)21-11(3)17-15)16-12(8-14(18)19-4)13-6-5-7-20-13/h5-7,9,12,16H,8H2,1-4H3. The van der Waals surface area contributed by atoms with E-state index in [0.717, 1.165) is 15.6 Å². The number of rotatable bonds is 6. The summed E-state index contributed by atoms with van der Waals surface area (Å²) in [5, 5.41) is 6.59. The van der Waals surface area contributed by atoms with Gasteiger partial charge in [0.2, 0.25) is 0 Å². The van der Waals surface area contributed by atoms with E-state index in [9.17, 15) is 4.79 Å². The Morgan fingerprint density at radius 3 is 2.76 bits per heavy atom. The molecular weight excluding hydrogens is 304 g/mol. The topological polar surface area (TPSA) is 51.2 Å². The molecule has 2 rings (SSSR count). The number of aromatic nitrogens is 1. The lowest BCUT2D eigenvalue weighted by molar-refractivity contribution is -0.141. The molecule has 0 bridgehead atoms. The van der Waals surface area contributed by atoms with Crippen molar-refractivity contribution in [1.29, 1.82) is 0 Å². The number of carbonyl (C=O) groups excluding carboxylic acids is 1. The molecule has 0 aliphatic carbocycles. The Morgan fingerprint density at radius 2 is 2.24 bits per heavy atom. The zero-order valence-electron chi connectivity index (χ0n) is 12.7. The summed E-state index contributed by atoms with van der Waals surface area (Å²) in [4.78, 5) is 18.6. The average Bonchev–Trinajstić information content (AvgIpc) is 3.07. The third-order valence-corrected chi connectivity index (χ3v) is 5.17. The van der Waals surface area contributed by atoms with Gasteiger partial charge in [0, 0.05) is 15.8 Å². The summed E-state index contributed by atoms with van der Waals surface area (Å²) in [7, 11) is 1.42. The molecule has 0 aromatic carbocycles. The van der Waals surface area contributed by atoms with Gasteiger partial charge in [-0.15, -0.1) is 22.7 Å². The van der Waals surface area contributed by atoms with Gasteiger partial charge in [0.15, 0.2) is 0 Å². The van der Waals surface area contributed by atoms with E-state index in [0.29, 0.717) is 6.42 Å². The van der Waals surface area contributed by atoms with E-state index in [2.05, 4.69) is 24.1 Å². The molecule has 2 heterocycles. The first-order chi connectivity index (χ1) is 10.0. The zero-order chi connectivity index (χ0) is 15.4. The minimum absolute atomic E-state index is 0.0474. The Hall–Kier alpha value is -1.24. The molecule has 2 unspecified atom stereocenters. The first-order valence-electron chi connectivity index (χ1n) is 6.81. The lowest BCUT2D eigenvalue weighted by Gasteiger charge is -2.21. The minimum Gasteiger partial charge on any atom is -0.469 e. The highest BCUT2D eigenvalue weighted by atomic mass is 32.1. The molecule has 0 saturated heterocycles. The van der Waals surface area contributed by atoms with Gasteiger partial charge >= 0.3 is 5.97 Å². The smallest absolute Gasteiger partial charge is 0.307 e. The summed E-state index contributed by atoms with van der Waals surface area (Å²) in [6.07, 6.45) is 0.323. The molecule has 0 aliphatic heterocycles. The van der Waals surface area contributed by atoms with Crippen molar-refractivity contribution in [2.45, 2.75) is 39.3 Å². The molecule has 0 spiro atoms. The number of methoxy groups -OCH3 is 1. The summed E-state index contributed by atoms with van der Waals surface area (Å²) < 4.78 is 4.81. The maximum absolute atomic E-state index is 11.6. The van der Waals surface area contributed by atoms with Crippen LogP contribution in [-0.2, 0) is 9.53 Å². The number of aryl methyl sites for hydroxylation is 2. The van der Waals surface area contributed by atoms with Gasteiger partial charge in [-0.05, 0) is 32.2 Å². The Balaban J connectivity index is 2.14. The first-order valence-corrected chi connectivity index (χ1v) is 8.51. The van der Waals surface area contributed by atoms with Crippen molar-refractivity contribution in [1.82, 2.24) is 10.3 Å². The van der Waals surface area contributed by atoms with Crippen LogP contribution >= 0.6 is 22.7 Å². The lowest BCUT2D eigenvalue weighted by Crippen LogP contribution is -2.27. The van der Waals surface area contributed by atoms with Crippen LogP contribution in [0.4, 0.5) is 0 Å². The average molecular weight is 324 g/mol. The van der Waals surface area contributed by atoms with Gasteiger partial charge < -0.3 is 10.1 Å². The third kappa shape index (κ3) is 4.12. The normalized spacial score (nSPS) is 13.9. The summed E-state index contributed by atoms with van der Waals surface area (Å²) in [5.41, 5.74) is 1.06. The summed E-state index contributed by atoms with van der Waals surface area (Å²) in [6.45, 7) is 6.18. The molecule has 0 amide bonds. The van der Waals surface area contributed by atoms with Crippen LogP contribution in [0.15, 0.2) is 17.5 Å². The van der Waals surface area contributed by atoms with Crippen LogP contribution in [0, 0.1) is 13.8 Å². The molecule has 0 radical (unpaired) electrons. The fourth-order valence-corrected chi connectivity index (χ4v) is 4.01. The van der Waals surface area contributed by atoms with Gasteiger partial charge in [0.05, 0.1) is 30.3 Å². The highest BCUT2D eigenvalue weighted by molar-refractivity contribution is 7.11. The number of nitrogens with one attached hydrogen (secondary N) is 1. The highest BCUT2D eigenvalue weighted by Crippen LogP contribution is 2.28. The van der Waals surface area contributed by atoms with Gasteiger partial charge in [-0.1, -0.05) is 6.07 Å². The number of thiophene rings is 1. The van der Waals surface area contributed by atoms with Crippen LogP contribution < -0.4 is 5.32 Å². The molecule has 2 aromatic rings. The molecule has 0 saturated carbocycles. The van der Waals surface area contributed by atoms with Gasteiger partial charge in [-0.3, -0.25) is 4.79 Å². The molecular formula is C15H20N2O2S2. The second kappa shape index (κ2) is 7.15. The van der Waals surface area contributed by atoms with E-state index in [1.54, 1.807) is 22.7 Å². The Kier molecular flexibility index (Phi) is 5.50. The maximum atomic E-state index is 11.6. The first kappa shape index (κ1) is 16.1. The molecule has 2 aromatic heterocycles. The van der Waals surface area contributed by atoms with Crippen LogP contribution in [0.2, 0.25) is 0 Å². The summed E-state index contributed by atoms with van der Waals surface area (Å²) in [6, 6.07) is 4.08. The van der Waals surface area contributed by atoms with Gasteiger partial charge in [0.1, 0.15) is 0 Å². The molecule has 0 aliphatic rings. The summed E-state index contributed by atoms with van der Waals surface area (Å²) in [5.74, 6) is -0.209. The van der Waals surface area contributed by atoms with Gasteiger partial charge in [-0.2, -0.15) is 0 Å². The molecule has 0 fully saturated rings. The van der Waals surface area contributed by atoms with Crippen molar-refractivity contribution < 1.29 is 9.53 Å². The number of nitrogens with zero attached hydrogens (tertiary/aromatic N) is 1. The van der Waals surface area contributed by atoms with Crippen LogP contribution in [0.5, 0.6) is 0 Å². The van der Waals surface area contributed by atoms with Crippen LogP contribution in [0.25, 0.3) is 0 Å². The Labute approximate surface area is 133 Å². The molecule has 2 atom stereocenters. The molecule has 114 valence electrons. The van der Waals surface area contributed by atoms with Crippen LogP contribution in [0.3, 0.4) is 0 Å². The van der Waals surface area contributed by atoms with E-state index in [4.69, 9.17) is 4.74 Å². The quantitative estimate of drug-likeness (QED) is 0.822. The molecule has 4 nitrogen and oxygen atoms in total. The second-order valence-electron chi connectivity index (χ2n) is 4.91. The third-order valence-electron chi connectivity index (χ3n) is 3.29. The number of esters is 1. The van der Waals surface area contributed by atoms with E-state index in [1.165, 1.54) is 12.0 Å². The second-order valence-corrected chi connectivity index (χ2v) is 7.30.